The van der Waals surface area contributed by atoms with Crippen LogP contribution in [-0.2, 0) is 38.0 Å². The van der Waals surface area contributed by atoms with Crippen molar-refractivity contribution in [3.63, 3.8) is 0 Å². The fourth-order valence-electron chi connectivity index (χ4n) is 2.13. The van der Waals surface area contributed by atoms with E-state index < -0.39 is 5.97 Å². The van der Waals surface area contributed by atoms with E-state index in [1.807, 2.05) is 0 Å². The number of carboxylic acid groups (broad SMARTS) is 1. The van der Waals surface area contributed by atoms with Crippen molar-refractivity contribution in [3.8, 4) is 0 Å². The molecule has 180 valence electrons. The van der Waals surface area contributed by atoms with Gasteiger partial charge >= 0.3 is 5.97 Å². The first-order valence-electron chi connectivity index (χ1n) is 10.6. The first kappa shape index (κ1) is 29.5. The van der Waals surface area contributed by atoms with Crippen LogP contribution in [0, 0.1) is 0 Å². The van der Waals surface area contributed by atoms with Gasteiger partial charge in [-0.15, -0.1) is 11.6 Å². The van der Waals surface area contributed by atoms with Crippen molar-refractivity contribution in [2.24, 2.45) is 0 Å². The highest BCUT2D eigenvalue weighted by Gasteiger charge is 1.97. The molecule has 9 nitrogen and oxygen atoms in total. The number of rotatable bonds is 26. The first-order chi connectivity index (χ1) is 14.8. The van der Waals surface area contributed by atoms with Crippen molar-refractivity contribution in [2.75, 3.05) is 98.4 Å². The molecule has 0 heterocycles. The van der Waals surface area contributed by atoms with Gasteiger partial charge < -0.3 is 38.3 Å². The highest BCUT2D eigenvalue weighted by molar-refractivity contribution is 6.17. The molecule has 0 amide bonds. The largest absolute Gasteiger partial charge is 0.480 e. The lowest BCUT2D eigenvalue weighted by Crippen LogP contribution is -2.15. The second-order valence-corrected chi connectivity index (χ2v) is 6.60. The predicted molar refractivity (Wildman–Crippen MR) is 113 cm³/mol. The molecule has 0 radical (unpaired) electrons. The molecule has 0 rings (SSSR count). The van der Waals surface area contributed by atoms with Crippen LogP contribution in [-0.4, -0.2) is 109 Å². The zero-order chi connectivity index (χ0) is 22.0. The Hall–Kier alpha value is -0.520. The van der Waals surface area contributed by atoms with E-state index in [1.54, 1.807) is 0 Å². The molecule has 0 aromatic rings. The molecule has 0 fully saturated rings. The van der Waals surface area contributed by atoms with Crippen LogP contribution in [0.4, 0.5) is 0 Å². The average molecular weight is 459 g/mol. The smallest absolute Gasteiger partial charge is 0.329 e. The lowest BCUT2D eigenvalue weighted by molar-refractivity contribution is -0.142. The van der Waals surface area contributed by atoms with Crippen LogP contribution in [0.1, 0.15) is 25.7 Å². The molecule has 0 aliphatic rings. The molecule has 0 saturated carbocycles. The van der Waals surface area contributed by atoms with Gasteiger partial charge in [0.25, 0.3) is 0 Å². The molecule has 0 saturated heterocycles. The Bertz CT molecular complexity index is 348. The minimum absolute atomic E-state index is 0.254. The number of carbonyl (C=O) groups is 1. The molecule has 10 heteroatoms. The topological polar surface area (TPSA) is 102 Å². The Balaban J connectivity index is 2.99. The van der Waals surface area contributed by atoms with Gasteiger partial charge in [0.2, 0.25) is 0 Å². The summed E-state index contributed by atoms with van der Waals surface area (Å²) in [7, 11) is 0. The number of alkyl halides is 1. The van der Waals surface area contributed by atoms with Crippen LogP contribution >= 0.6 is 11.6 Å². The molecule has 0 spiro atoms. The van der Waals surface area contributed by atoms with Crippen LogP contribution < -0.4 is 0 Å². The first-order valence-corrected chi connectivity index (χ1v) is 11.1. The van der Waals surface area contributed by atoms with Gasteiger partial charge in [-0.05, 0) is 12.8 Å². The summed E-state index contributed by atoms with van der Waals surface area (Å²) in [6.07, 6.45) is 4.48. The minimum atomic E-state index is -0.988. The lowest BCUT2D eigenvalue weighted by atomic mass is 10.2. The normalized spacial score (nSPS) is 11.2. The molecular formula is C20H39ClO9. The second-order valence-electron chi connectivity index (χ2n) is 6.22. The fourth-order valence-corrected chi connectivity index (χ4v) is 2.32. The van der Waals surface area contributed by atoms with Gasteiger partial charge in [0.05, 0.1) is 79.3 Å². The summed E-state index contributed by atoms with van der Waals surface area (Å²) < 4.78 is 37.1. The zero-order valence-electron chi connectivity index (χ0n) is 18.0. The molecule has 0 aliphatic carbocycles. The second kappa shape index (κ2) is 26.5. The van der Waals surface area contributed by atoms with E-state index in [2.05, 4.69) is 0 Å². The van der Waals surface area contributed by atoms with Gasteiger partial charge in [0, 0.05) is 12.5 Å². The van der Waals surface area contributed by atoms with Crippen LogP contribution in [0.2, 0.25) is 0 Å². The van der Waals surface area contributed by atoms with Gasteiger partial charge in [-0.2, -0.15) is 0 Å². The number of hydrogen-bond acceptors (Lipinski definition) is 8. The van der Waals surface area contributed by atoms with E-state index in [-0.39, 0.29) is 13.2 Å². The summed E-state index contributed by atoms with van der Waals surface area (Å²) in [5.74, 6) is -0.247. The van der Waals surface area contributed by atoms with Gasteiger partial charge in [-0.25, -0.2) is 4.79 Å². The lowest BCUT2D eigenvalue weighted by Gasteiger charge is -2.08. The summed E-state index contributed by atoms with van der Waals surface area (Å²) in [6.45, 7) is 6.22. The fraction of sp³-hybridized carbons (Fsp3) is 0.950. The van der Waals surface area contributed by atoms with Crippen molar-refractivity contribution in [1.82, 2.24) is 0 Å². The number of aliphatic carboxylic acids is 1. The van der Waals surface area contributed by atoms with Crippen LogP contribution in [0.25, 0.3) is 0 Å². The Labute approximate surface area is 185 Å². The third kappa shape index (κ3) is 27.5. The monoisotopic (exact) mass is 458 g/mol. The molecule has 0 aliphatic heterocycles. The van der Waals surface area contributed by atoms with Crippen LogP contribution in [0.5, 0.6) is 0 Å². The molecular weight excluding hydrogens is 420 g/mol. The number of ether oxygens (including phenoxy) is 7. The van der Waals surface area contributed by atoms with Crippen LogP contribution in [0.15, 0.2) is 0 Å². The summed E-state index contributed by atoms with van der Waals surface area (Å²) in [5.41, 5.74) is 0. The van der Waals surface area contributed by atoms with Crippen molar-refractivity contribution >= 4 is 17.6 Å². The number of unbranched alkanes of at least 4 members (excludes halogenated alkanes) is 3. The summed E-state index contributed by atoms with van der Waals surface area (Å²) in [5, 5.41) is 8.38. The molecule has 1 N–H and O–H groups in total. The Morgan fingerprint density at radius 1 is 0.500 bits per heavy atom. The van der Waals surface area contributed by atoms with E-state index in [1.165, 1.54) is 6.42 Å². The third-order valence-corrected chi connectivity index (χ3v) is 3.90. The summed E-state index contributed by atoms with van der Waals surface area (Å²) in [4.78, 5) is 10.2. The van der Waals surface area contributed by atoms with Crippen molar-refractivity contribution in [2.45, 2.75) is 25.7 Å². The van der Waals surface area contributed by atoms with Gasteiger partial charge in [-0.3, -0.25) is 0 Å². The number of halogens is 1. The molecule has 0 aromatic heterocycles. The Kier molecular flexibility index (Phi) is 26.1. The highest BCUT2D eigenvalue weighted by Crippen LogP contribution is 2.01. The number of hydrogen-bond donors (Lipinski definition) is 1. The molecule has 30 heavy (non-hydrogen) atoms. The molecule has 0 atom stereocenters. The minimum Gasteiger partial charge on any atom is -0.480 e. The summed E-state index contributed by atoms with van der Waals surface area (Å²) in [6, 6.07) is 0. The number of carboxylic acids is 1. The van der Waals surface area contributed by atoms with E-state index >= 15 is 0 Å². The maximum atomic E-state index is 10.2. The van der Waals surface area contributed by atoms with E-state index in [0.29, 0.717) is 72.7 Å². The highest BCUT2D eigenvalue weighted by atomic mass is 35.5. The van der Waals surface area contributed by atoms with Crippen molar-refractivity contribution < 1.29 is 43.1 Å². The maximum absolute atomic E-state index is 10.2. The SMILES string of the molecule is O=C(O)COCCOCCOCCOCCOCCOCCOCCCCCCCl. The van der Waals surface area contributed by atoms with Crippen molar-refractivity contribution in [1.29, 1.82) is 0 Å². The van der Waals surface area contributed by atoms with Gasteiger partial charge in [0.15, 0.2) is 0 Å². The van der Waals surface area contributed by atoms with Crippen LogP contribution in [0.3, 0.4) is 0 Å². The van der Waals surface area contributed by atoms with Gasteiger partial charge in [0.1, 0.15) is 6.61 Å². The Morgan fingerprint density at radius 3 is 1.20 bits per heavy atom. The third-order valence-electron chi connectivity index (χ3n) is 3.63. The Morgan fingerprint density at radius 2 is 0.833 bits per heavy atom. The average Bonchev–Trinajstić information content (AvgIpc) is 2.73. The van der Waals surface area contributed by atoms with Gasteiger partial charge in [-0.1, -0.05) is 12.8 Å². The van der Waals surface area contributed by atoms with E-state index in [4.69, 9.17) is 49.9 Å². The predicted octanol–water partition coefficient (Wildman–Crippen LogP) is 1.99. The van der Waals surface area contributed by atoms with E-state index in [9.17, 15) is 4.79 Å². The maximum Gasteiger partial charge on any atom is 0.329 e. The van der Waals surface area contributed by atoms with Crippen molar-refractivity contribution in [3.05, 3.63) is 0 Å². The quantitative estimate of drug-likeness (QED) is 0.154. The molecule has 0 bridgehead atoms. The zero-order valence-corrected chi connectivity index (χ0v) is 18.8. The van der Waals surface area contributed by atoms with E-state index in [0.717, 1.165) is 31.7 Å². The molecule has 0 unspecified atom stereocenters. The summed E-state index contributed by atoms with van der Waals surface area (Å²) >= 11 is 5.62. The molecule has 0 aromatic carbocycles. The standard InChI is InChI=1S/C20H39ClO9/c21-5-3-1-2-4-6-24-7-8-25-9-10-26-11-12-27-13-14-28-15-16-29-17-18-30-19-20(22)23/h1-19H2,(H,22,23).